The molecule has 2 aliphatic carbocycles. The van der Waals surface area contributed by atoms with Gasteiger partial charge in [-0.05, 0) is 56.2 Å². The number of hydrogen-bond acceptors (Lipinski definition) is 4. The van der Waals surface area contributed by atoms with Crippen molar-refractivity contribution < 1.29 is 19.1 Å². The van der Waals surface area contributed by atoms with Crippen LogP contribution >= 0.6 is 0 Å². The molecule has 5 aliphatic rings. The van der Waals surface area contributed by atoms with Gasteiger partial charge in [-0.1, -0.05) is 69.7 Å². The van der Waals surface area contributed by atoms with Crippen LogP contribution in [0.3, 0.4) is 0 Å². The first-order chi connectivity index (χ1) is 18.4. The molecule has 6 rings (SSSR count). The molecule has 7 atom stereocenters. The quantitative estimate of drug-likeness (QED) is 0.443. The molecule has 1 spiro atoms. The van der Waals surface area contributed by atoms with Gasteiger partial charge in [0.2, 0.25) is 17.7 Å². The number of amides is 3. The number of likely N-dealkylation sites (tertiary alicyclic amines) is 1. The Balaban J connectivity index is 1.33. The lowest BCUT2D eigenvalue weighted by molar-refractivity contribution is -0.144. The van der Waals surface area contributed by atoms with Crippen molar-refractivity contribution in [2.24, 2.45) is 17.8 Å². The highest BCUT2D eigenvalue weighted by atomic mass is 16.5. The number of ether oxygens (including phenoxy) is 1. The van der Waals surface area contributed by atoms with E-state index in [0.717, 1.165) is 63.4 Å². The Morgan fingerprint density at radius 2 is 1.74 bits per heavy atom. The third-order valence-corrected chi connectivity index (χ3v) is 9.81. The maximum absolute atomic E-state index is 14.3. The third-order valence-electron chi connectivity index (χ3n) is 9.81. The second-order valence-corrected chi connectivity index (χ2v) is 12.3. The summed E-state index contributed by atoms with van der Waals surface area (Å²) < 4.78 is 6.56. The smallest absolute Gasteiger partial charge is 0.246 e. The van der Waals surface area contributed by atoms with Crippen LogP contribution in [0.4, 0.5) is 5.69 Å². The van der Waals surface area contributed by atoms with Gasteiger partial charge in [-0.2, -0.15) is 0 Å². The number of anilines is 1. The van der Waals surface area contributed by atoms with Gasteiger partial charge in [-0.25, -0.2) is 0 Å². The molecule has 4 fully saturated rings. The molecule has 2 N–H and O–H groups in total. The van der Waals surface area contributed by atoms with Crippen molar-refractivity contribution in [3.8, 4) is 0 Å². The van der Waals surface area contributed by atoms with E-state index in [1.54, 1.807) is 0 Å². The number of carbonyl (C=O) groups is 3. The zero-order chi connectivity index (χ0) is 26.4. The highest BCUT2D eigenvalue weighted by molar-refractivity contribution is 6.03. The van der Waals surface area contributed by atoms with E-state index in [1.807, 2.05) is 48.2 Å². The van der Waals surface area contributed by atoms with Crippen molar-refractivity contribution in [3.05, 3.63) is 42.0 Å². The van der Waals surface area contributed by atoms with Crippen molar-refractivity contribution >= 4 is 23.4 Å². The molecule has 1 aromatic carbocycles. The summed E-state index contributed by atoms with van der Waals surface area (Å²) in [7, 11) is 0. The Hall–Kier alpha value is -2.67. The van der Waals surface area contributed by atoms with Crippen LogP contribution in [0.2, 0.25) is 0 Å². The van der Waals surface area contributed by atoms with Crippen LogP contribution in [0, 0.1) is 24.7 Å². The van der Waals surface area contributed by atoms with Crippen LogP contribution in [0.15, 0.2) is 36.4 Å². The van der Waals surface area contributed by atoms with Gasteiger partial charge in [-0.3, -0.25) is 14.4 Å². The first kappa shape index (κ1) is 25.6. The van der Waals surface area contributed by atoms with Gasteiger partial charge in [0.05, 0.1) is 17.9 Å². The fraction of sp³-hybridized carbons (Fsp3) is 0.645. The Morgan fingerprint density at radius 3 is 2.47 bits per heavy atom. The summed E-state index contributed by atoms with van der Waals surface area (Å²) in [4.78, 5) is 44.0. The standard InChI is InChI=1S/C31H41N3O4/c1-19-10-9-12-21(18-19)32-28(35)25-24-16-17-31(38-24)26(25)30(37)34(22-13-5-3-4-6-14-22)27(31)29(36)33-23-15-8-7-11-20(23)2/h9-10,12,16-18,20,22-27H,3-8,11,13-15H2,1-2H3,(H,32,35)(H,33,36)/t20-,23+,24+,25-,26+,27+,31+/m0/s1. The molecule has 3 aliphatic heterocycles. The van der Waals surface area contributed by atoms with E-state index in [4.69, 9.17) is 4.74 Å². The van der Waals surface area contributed by atoms with Gasteiger partial charge >= 0.3 is 0 Å². The summed E-state index contributed by atoms with van der Waals surface area (Å²) in [6, 6.07) is 7.05. The second kappa shape index (κ2) is 10.1. The molecule has 0 aromatic heterocycles. The third kappa shape index (κ3) is 4.27. The molecule has 2 saturated heterocycles. The molecular weight excluding hydrogens is 478 g/mol. The van der Waals surface area contributed by atoms with Gasteiger partial charge in [0.15, 0.2) is 0 Å². The Morgan fingerprint density at radius 1 is 1.00 bits per heavy atom. The lowest BCUT2D eigenvalue weighted by Gasteiger charge is -2.38. The van der Waals surface area contributed by atoms with Crippen LogP contribution in [-0.4, -0.2) is 52.5 Å². The number of nitrogens with one attached hydrogen (secondary N) is 2. The second-order valence-electron chi connectivity index (χ2n) is 12.3. The number of hydrogen-bond donors (Lipinski definition) is 2. The van der Waals surface area contributed by atoms with Gasteiger partial charge in [-0.15, -0.1) is 0 Å². The molecule has 3 heterocycles. The van der Waals surface area contributed by atoms with E-state index >= 15 is 0 Å². The van der Waals surface area contributed by atoms with E-state index in [-0.39, 0.29) is 29.8 Å². The maximum atomic E-state index is 14.3. The van der Waals surface area contributed by atoms with Gasteiger partial charge < -0.3 is 20.3 Å². The molecule has 7 heteroatoms. The molecule has 0 unspecified atom stereocenters. The number of fused-ring (bicyclic) bond motifs is 1. The molecule has 2 bridgehead atoms. The highest BCUT2D eigenvalue weighted by Gasteiger charge is 2.73. The van der Waals surface area contributed by atoms with Crippen LogP contribution in [-0.2, 0) is 19.1 Å². The molecule has 7 nitrogen and oxygen atoms in total. The van der Waals surface area contributed by atoms with Crippen LogP contribution in [0.5, 0.6) is 0 Å². The molecule has 204 valence electrons. The van der Waals surface area contributed by atoms with Crippen molar-refractivity contribution in [2.45, 2.75) is 108 Å². The van der Waals surface area contributed by atoms with Gasteiger partial charge in [0.25, 0.3) is 0 Å². The number of rotatable bonds is 5. The largest absolute Gasteiger partial charge is 0.359 e. The van der Waals surface area contributed by atoms with Crippen molar-refractivity contribution in [1.29, 1.82) is 0 Å². The normalized spacial score (nSPS) is 36.7. The molecule has 38 heavy (non-hydrogen) atoms. The Bertz CT molecular complexity index is 1130. The minimum absolute atomic E-state index is 0.000962. The lowest BCUT2D eigenvalue weighted by atomic mass is 9.74. The van der Waals surface area contributed by atoms with E-state index in [2.05, 4.69) is 17.6 Å². The molecule has 3 amide bonds. The number of carbonyl (C=O) groups excluding carboxylic acids is 3. The highest BCUT2D eigenvalue weighted by Crippen LogP contribution is 2.56. The van der Waals surface area contributed by atoms with Crippen molar-refractivity contribution in [1.82, 2.24) is 10.2 Å². The molecule has 2 saturated carbocycles. The van der Waals surface area contributed by atoms with E-state index in [1.165, 1.54) is 6.42 Å². The Labute approximate surface area is 225 Å². The summed E-state index contributed by atoms with van der Waals surface area (Å²) >= 11 is 0. The fourth-order valence-electron chi connectivity index (χ4n) is 7.88. The first-order valence-electron chi connectivity index (χ1n) is 14.8. The average Bonchev–Trinajstić information content (AvgIpc) is 3.44. The minimum atomic E-state index is -1.09. The Kier molecular flexibility index (Phi) is 6.83. The van der Waals surface area contributed by atoms with E-state index in [9.17, 15) is 14.4 Å². The SMILES string of the molecule is Cc1cccc(NC(=O)[C@H]2[C@H]3C=C[C@@]4(O3)[C@H]2C(=O)N(C2CCCCCC2)[C@@H]4C(=O)N[C@@H]2CCCC[C@@H]2C)c1. The van der Waals surface area contributed by atoms with Gasteiger partial charge in [0.1, 0.15) is 11.6 Å². The minimum Gasteiger partial charge on any atom is -0.359 e. The summed E-state index contributed by atoms with van der Waals surface area (Å²) in [5.74, 6) is -1.36. The van der Waals surface area contributed by atoms with E-state index < -0.39 is 29.6 Å². The fourth-order valence-corrected chi connectivity index (χ4v) is 7.88. The predicted octanol–water partition coefficient (Wildman–Crippen LogP) is 4.50. The monoisotopic (exact) mass is 519 g/mol. The molecule has 1 aromatic rings. The first-order valence-corrected chi connectivity index (χ1v) is 14.8. The molecular formula is C31H41N3O4. The average molecular weight is 520 g/mol. The zero-order valence-corrected chi connectivity index (χ0v) is 22.7. The summed E-state index contributed by atoms with van der Waals surface area (Å²) in [5, 5.41) is 6.38. The van der Waals surface area contributed by atoms with E-state index in [0.29, 0.717) is 11.6 Å². The maximum Gasteiger partial charge on any atom is 0.246 e. The molecule has 0 radical (unpaired) electrons. The number of benzene rings is 1. The lowest BCUT2D eigenvalue weighted by Crippen LogP contribution is -2.59. The zero-order valence-electron chi connectivity index (χ0n) is 22.7. The van der Waals surface area contributed by atoms with Crippen LogP contribution < -0.4 is 10.6 Å². The predicted molar refractivity (Wildman–Crippen MR) is 145 cm³/mol. The summed E-state index contributed by atoms with van der Waals surface area (Å²) in [6.45, 7) is 4.19. The summed E-state index contributed by atoms with van der Waals surface area (Å²) in [6.07, 6.45) is 13.9. The van der Waals surface area contributed by atoms with Crippen LogP contribution in [0.25, 0.3) is 0 Å². The summed E-state index contributed by atoms with van der Waals surface area (Å²) in [5.41, 5.74) is 0.668. The number of aryl methyl sites for hydroxylation is 1. The number of nitrogens with zero attached hydrogens (tertiary/aromatic N) is 1. The van der Waals surface area contributed by atoms with Crippen LogP contribution in [0.1, 0.15) is 76.7 Å². The van der Waals surface area contributed by atoms with Crippen molar-refractivity contribution in [3.63, 3.8) is 0 Å². The topological polar surface area (TPSA) is 87.7 Å². The van der Waals surface area contributed by atoms with Crippen molar-refractivity contribution in [2.75, 3.05) is 5.32 Å². The van der Waals surface area contributed by atoms with Gasteiger partial charge in [0, 0.05) is 17.8 Å².